The van der Waals surface area contributed by atoms with E-state index in [1.165, 1.54) is 4.68 Å². The summed E-state index contributed by atoms with van der Waals surface area (Å²) in [4.78, 5) is 29.5. The van der Waals surface area contributed by atoms with E-state index in [9.17, 15) is 9.59 Å². The highest BCUT2D eigenvalue weighted by Gasteiger charge is 2.25. The van der Waals surface area contributed by atoms with Crippen LogP contribution in [0.5, 0.6) is 5.75 Å². The third-order valence-electron chi connectivity index (χ3n) is 5.16. The second-order valence-electron chi connectivity index (χ2n) is 6.80. The summed E-state index contributed by atoms with van der Waals surface area (Å²) < 4.78 is 6.44. The van der Waals surface area contributed by atoms with Gasteiger partial charge >= 0.3 is 0 Å². The fraction of sp³-hybridized carbons (Fsp3) is 0.286. The Balaban J connectivity index is 1.54. The number of benzene rings is 2. The number of carbonyl (C=O) groups is 1. The van der Waals surface area contributed by atoms with Crippen molar-refractivity contribution in [3.8, 4) is 5.75 Å². The van der Waals surface area contributed by atoms with Crippen molar-refractivity contribution in [3.05, 3.63) is 64.6 Å². The molecule has 2 heterocycles. The number of piperazine rings is 1. The molecule has 2 aromatic carbocycles. The minimum atomic E-state index is -0.198. The monoisotopic (exact) mass is 378 g/mol. The first-order valence-corrected chi connectivity index (χ1v) is 9.23. The van der Waals surface area contributed by atoms with Crippen LogP contribution in [0.2, 0.25) is 0 Å². The van der Waals surface area contributed by atoms with Crippen LogP contribution in [0.15, 0.2) is 53.3 Å². The van der Waals surface area contributed by atoms with Crippen molar-refractivity contribution >= 4 is 22.4 Å². The number of amides is 1. The zero-order valence-electron chi connectivity index (χ0n) is 16.0. The molecule has 0 saturated carbocycles. The van der Waals surface area contributed by atoms with Gasteiger partial charge in [-0.05, 0) is 30.3 Å². The van der Waals surface area contributed by atoms with Crippen molar-refractivity contribution in [2.24, 2.45) is 7.05 Å². The number of carbonyl (C=O) groups excluding carboxylic acids is 1. The molecule has 0 aliphatic carbocycles. The number of hydrogen-bond acceptors (Lipinski definition) is 5. The number of hydrogen-bond donors (Lipinski definition) is 0. The highest BCUT2D eigenvalue weighted by Crippen LogP contribution is 2.22. The van der Waals surface area contributed by atoms with Crippen molar-refractivity contribution in [3.63, 3.8) is 0 Å². The molecule has 1 fully saturated rings. The van der Waals surface area contributed by atoms with Crippen LogP contribution in [0.4, 0.5) is 5.69 Å². The largest absolute Gasteiger partial charge is 0.497 e. The number of ether oxygens (including phenoxy) is 1. The Morgan fingerprint density at radius 1 is 0.964 bits per heavy atom. The minimum Gasteiger partial charge on any atom is -0.497 e. The van der Waals surface area contributed by atoms with E-state index >= 15 is 0 Å². The molecule has 0 spiro atoms. The lowest BCUT2D eigenvalue weighted by Crippen LogP contribution is -2.49. The summed E-state index contributed by atoms with van der Waals surface area (Å²) in [6, 6.07) is 15.1. The number of anilines is 1. The van der Waals surface area contributed by atoms with Crippen molar-refractivity contribution in [1.82, 2.24) is 14.7 Å². The lowest BCUT2D eigenvalue weighted by atomic mass is 10.1. The molecule has 0 atom stereocenters. The number of rotatable bonds is 3. The average Bonchev–Trinajstić information content (AvgIpc) is 2.76. The van der Waals surface area contributed by atoms with Crippen LogP contribution in [0.3, 0.4) is 0 Å². The molecule has 1 saturated heterocycles. The van der Waals surface area contributed by atoms with Crippen molar-refractivity contribution in [1.29, 1.82) is 0 Å². The predicted molar refractivity (Wildman–Crippen MR) is 108 cm³/mol. The standard InChI is InChI=1S/C21H22N4O3/c1-23-20(26)18-6-4-3-5-17(18)19(22-23)21(27)25-13-11-24(12-14-25)15-7-9-16(28-2)10-8-15/h3-10H,11-14H2,1-2H3. The van der Waals surface area contributed by atoms with Crippen molar-refractivity contribution in [2.45, 2.75) is 0 Å². The normalized spacial score (nSPS) is 14.4. The van der Waals surface area contributed by atoms with Gasteiger partial charge in [-0.2, -0.15) is 5.10 Å². The number of methoxy groups -OCH3 is 1. The molecule has 1 aromatic heterocycles. The SMILES string of the molecule is COc1ccc(N2CCN(C(=O)c3nn(C)c(=O)c4ccccc34)CC2)cc1. The van der Waals surface area contributed by atoms with Gasteiger partial charge in [-0.25, -0.2) is 4.68 Å². The summed E-state index contributed by atoms with van der Waals surface area (Å²) in [6.45, 7) is 2.68. The maximum Gasteiger partial charge on any atom is 0.275 e. The van der Waals surface area contributed by atoms with Gasteiger partial charge in [0, 0.05) is 44.3 Å². The van der Waals surface area contributed by atoms with Crippen LogP contribution in [0, 0.1) is 0 Å². The second kappa shape index (κ2) is 7.34. The van der Waals surface area contributed by atoms with Crippen LogP contribution in [0.1, 0.15) is 10.5 Å². The van der Waals surface area contributed by atoms with E-state index in [-0.39, 0.29) is 11.5 Å². The number of fused-ring (bicyclic) bond motifs is 1. The van der Waals surface area contributed by atoms with Gasteiger partial charge in [0.1, 0.15) is 5.75 Å². The van der Waals surface area contributed by atoms with Crippen LogP contribution in [-0.2, 0) is 7.05 Å². The summed E-state index contributed by atoms with van der Waals surface area (Å²) in [7, 11) is 3.23. The molecule has 0 N–H and O–H groups in total. The summed E-state index contributed by atoms with van der Waals surface area (Å²) in [5.74, 6) is 0.686. The molecule has 7 nitrogen and oxygen atoms in total. The van der Waals surface area contributed by atoms with E-state index in [4.69, 9.17) is 4.74 Å². The molecule has 1 amide bonds. The third kappa shape index (κ3) is 3.19. The zero-order chi connectivity index (χ0) is 19.7. The van der Waals surface area contributed by atoms with Gasteiger partial charge < -0.3 is 14.5 Å². The Labute approximate surface area is 162 Å². The van der Waals surface area contributed by atoms with Crippen molar-refractivity contribution in [2.75, 3.05) is 38.2 Å². The topological polar surface area (TPSA) is 67.7 Å². The lowest BCUT2D eigenvalue weighted by Gasteiger charge is -2.36. The summed E-state index contributed by atoms with van der Waals surface area (Å²) in [5.41, 5.74) is 1.24. The molecule has 28 heavy (non-hydrogen) atoms. The molecule has 1 aliphatic rings. The maximum absolute atomic E-state index is 13.1. The molecule has 3 aromatic rings. The highest BCUT2D eigenvalue weighted by molar-refractivity contribution is 6.04. The number of aryl methyl sites for hydroxylation is 1. The smallest absolute Gasteiger partial charge is 0.275 e. The van der Waals surface area contributed by atoms with E-state index in [1.54, 1.807) is 37.3 Å². The van der Waals surface area contributed by atoms with Crippen LogP contribution in [0.25, 0.3) is 10.8 Å². The molecule has 7 heteroatoms. The Morgan fingerprint density at radius 3 is 2.25 bits per heavy atom. The average molecular weight is 378 g/mol. The van der Waals surface area contributed by atoms with Gasteiger partial charge in [0.25, 0.3) is 11.5 Å². The van der Waals surface area contributed by atoms with E-state index in [0.717, 1.165) is 24.5 Å². The minimum absolute atomic E-state index is 0.138. The van der Waals surface area contributed by atoms with E-state index in [1.807, 2.05) is 30.3 Å². The summed E-state index contributed by atoms with van der Waals surface area (Å²) >= 11 is 0. The van der Waals surface area contributed by atoms with Crippen LogP contribution < -0.4 is 15.2 Å². The van der Waals surface area contributed by atoms with Crippen LogP contribution >= 0.6 is 0 Å². The second-order valence-corrected chi connectivity index (χ2v) is 6.80. The van der Waals surface area contributed by atoms with E-state index in [2.05, 4.69) is 10.00 Å². The molecule has 0 bridgehead atoms. The zero-order valence-corrected chi connectivity index (χ0v) is 16.0. The molecule has 144 valence electrons. The first kappa shape index (κ1) is 18.0. The summed E-state index contributed by atoms with van der Waals surface area (Å²) in [5, 5.41) is 5.38. The highest BCUT2D eigenvalue weighted by atomic mass is 16.5. The van der Waals surface area contributed by atoms with Gasteiger partial charge in [0.15, 0.2) is 5.69 Å². The molecular formula is C21H22N4O3. The van der Waals surface area contributed by atoms with Crippen molar-refractivity contribution < 1.29 is 9.53 Å². The fourth-order valence-electron chi connectivity index (χ4n) is 3.57. The molecule has 1 aliphatic heterocycles. The fourth-order valence-corrected chi connectivity index (χ4v) is 3.57. The van der Waals surface area contributed by atoms with E-state index in [0.29, 0.717) is 29.6 Å². The summed E-state index contributed by atoms with van der Waals surface area (Å²) in [6.07, 6.45) is 0. The molecular weight excluding hydrogens is 356 g/mol. The Kier molecular flexibility index (Phi) is 4.73. The van der Waals surface area contributed by atoms with Gasteiger partial charge in [-0.1, -0.05) is 18.2 Å². The predicted octanol–water partition coefficient (Wildman–Crippen LogP) is 1.90. The van der Waals surface area contributed by atoms with E-state index < -0.39 is 0 Å². The van der Waals surface area contributed by atoms with Gasteiger partial charge in [0.2, 0.25) is 0 Å². The third-order valence-corrected chi connectivity index (χ3v) is 5.16. The van der Waals surface area contributed by atoms with Gasteiger partial charge in [-0.15, -0.1) is 0 Å². The molecule has 4 rings (SSSR count). The first-order valence-electron chi connectivity index (χ1n) is 9.23. The van der Waals surface area contributed by atoms with Gasteiger partial charge in [0.05, 0.1) is 12.5 Å². The Morgan fingerprint density at radius 2 is 1.61 bits per heavy atom. The quantitative estimate of drug-likeness (QED) is 0.696. The van der Waals surface area contributed by atoms with Gasteiger partial charge in [-0.3, -0.25) is 9.59 Å². The van der Waals surface area contributed by atoms with Crippen LogP contribution in [-0.4, -0.2) is 53.9 Å². The molecule has 0 radical (unpaired) electrons. The first-order chi connectivity index (χ1) is 13.6. The Hall–Kier alpha value is -3.35. The lowest BCUT2D eigenvalue weighted by molar-refractivity contribution is 0.0740. The maximum atomic E-state index is 13.1. The number of aromatic nitrogens is 2. The molecule has 0 unspecified atom stereocenters. The Bertz CT molecular complexity index is 1070. The number of nitrogens with zero attached hydrogens (tertiary/aromatic N) is 4.